The van der Waals surface area contributed by atoms with E-state index in [9.17, 15) is 9.90 Å². The summed E-state index contributed by atoms with van der Waals surface area (Å²) in [5.41, 5.74) is 5.64. The number of hydrogen-bond acceptors (Lipinski definition) is 3. The van der Waals surface area contributed by atoms with E-state index in [1.54, 1.807) is 0 Å². The number of rotatable bonds is 5. The van der Waals surface area contributed by atoms with Crippen molar-refractivity contribution < 1.29 is 9.90 Å². The zero-order chi connectivity index (χ0) is 12.0. The second kappa shape index (κ2) is 6.86. The van der Waals surface area contributed by atoms with Crippen molar-refractivity contribution in [2.24, 2.45) is 17.6 Å². The van der Waals surface area contributed by atoms with E-state index in [-0.39, 0.29) is 12.5 Å². The lowest BCUT2D eigenvalue weighted by Crippen LogP contribution is -2.43. The molecule has 94 valence electrons. The molecule has 4 nitrogen and oxygen atoms in total. The third kappa shape index (κ3) is 3.76. The largest absolute Gasteiger partial charge is 0.396 e. The van der Waals surface area contributed by atoms with Crippen LogP contribution < -0.4 is 11.1 Å². The number of aliphatic hydroxyl groups excluding tert-OH is 1. The lowest BCUT2D eigenvalue weighted by atomic mass is 9.79. The number of nitrogens with one attached hydrogen (secondary N) is 1. The van der Waals surface area contributed by atoms with Gasteiger partial charge in [-0.1, -0.05) is 19.8 Å². The van der Waals surface area contributed by atoms with Crippen molar-refractivity contribution in [3.63, 3.8) is 0 Å². The molecule has 16 heavy (non-hydrogen) atoms. The van der Waals surface area contributed by atoms with Crippen LogP contribution in [0.5, 0.6) is 0 Å². The molecule has 0 aromatic rings. The van der Waals surface area contributed by atoms with Crippen molar-refractivity contribution in [2.75, 3.05) is 13.2 Å². The van der Waals surface area contributed by atoms with E-state index in [0.29, 0.717) is 24.8 Å². The monoisotopic (exact) mass is 228 g/mol. The molecular formula is C12H24N2O2. The molecule has 1 saturated carbocycles. The Morgan fingerprint density at radius 3 is 2.62 bits per heavy atom. The van der Waals surface area contributed by atoms with E-state index in [0.717, 1.165) is 12.8 Å². The maximum absolute atomic E-state index is 11.5. The summed E-state index contributed by atoms with van der Waals surface area (Å²) in [6, 6.07) is -0.392. The molecule has 1 aliphatic rings. The van der Waals surface area contributed by atoms with Gasteiger partial charge in [-0.05, 0) is 31.1 Å². The van der Waals surface area contributed by atoms with Gasteiger partial charge in [0.25, 0.3) is 0 Å². The minimum absolute atomic E-state index is 0.0650. The Morgan fingerprint density at radius 1 is 1.44 bits per heavy atom. The molecule has 0 saturated heterocycles. The molecule has 0 aliphatic heterocycles. The number of hydrogen-bond donors (Lipinski definition) is 3. The van der Waals surface area contributed by atoms with Crippen LogP contribution in [0.15, 0.2) is 0 Å². The van der Waals surface area contributed by atoms with Gasteiger partial charge in [0.1, 0.15) is 0 Å². The van der Waals surface area contributed by atoms with Gasteiger partial charge < -0.3 is 16.2 Å². The average molecular weight is 228 g/mol. The Balaban J connectivity index is 2.32. The van der Waals surface area contributed by atoms with Crippen molar-refractivity contribution >= 4 is 5.91 Å². The smallest absolute Gasteiger partial charge is 0.236 e. The molecule has 1 rings (SSSR count). The van der Waals surface area contributed by atoms with Crippen molar-refractivity contribution in [1.29, 1.82) is 0 Å². The molecule has 0 spiro atoms. The van der Waals surface area contributed by atoms with Crippen LogP contribution in [0.2, 0.25) is 0 Å². The Hall–Kier alpha value is -0.610. The number of nitrogens with two attached hydrogens (primary N) is 1. The lowest BCUT2D eigenvalue weighted by Gasteiger charge is -2.30. The Kier molecular flexibility index (Phi) is 5.77. The number of carbonyl (C=O) groups excluding carboxylic acids is 1. The van der Waals surface area contributed by atoms with Crippen molar-refractivity contribution in [3.8, 4) is 0 Å². The number of aliphatic hydroxyl groups is 1. The van der Waals surface area contributed by atoms with E-state index in [4.69, 9.17) is 5.73 Å². The standard InChI is InChI=1S/C12H24N2O2/c1-2-11(13)12(16)14-7-9-5-3-4-6-10(9)8-15/h9-11,15H,2-8,13H2,1H3,(H,14,16)/t9?,10?,11-/m0/s1. The average Bonchev–Trinajstić information content (AvgIpc) is 2.35. The van der Waals surface area contributed by atoms with E-state index in [1.807, 2.05) is 6.92 Å². The minimum Gasteiger partial charge on any atom is -0.396 e. The third-order valence-electron chi connectivity index (χ3n) is 3.62. The topological polar surface area (TPSA) is 75.4 Å². The molecule has 3 atom stereocenters. The van der Waals surface area contributed by atoms with Crippen molar-refractivity contribution in [2.45, 2.75) is 45.1 Å². The molecule has 2 unspecified atom stereocenters. The summed E-state index contributed by atoms with van der Waals surface area (Å²) in [6.45, 7) is 2.81. The van der Waals surface area contributed by atoms with Crippen LogP contribution >= 0.6 is 0 Å². The highest BCUT2D eigenvalue weighted by molar-refractivity contribution is 5.81. The highest BCUT2D eigenvalue weighted by Gasteiger charge is 2.25. The van der Waals surface area contributed by atoms with Gasteiger partial charge in [0.15, 0.2) is 0 Å². The lowest BCUT2D eigenvalue weighted by molar-refractivity contribution is -0.122. The van der Waals surface area contributed by atoms with E-state index in [1.165, 1.54) is 12.8 Å². The van der Waals surface area contributed by atoms with Crippen LogP contribution in [0.3, 0.4) is 0 Å². The summed E-state index contributed by atoms with van der Waals surface area (Å²) in [5.74, 6) is 0.712. The summed E-state index contributed by atoms with van der Waals surface area (Å²) < 4.78 is 0. The first-order valence-electron chi connectivity index (χ1n) is 6.33. The first-order chi connectivity index (χ1) is 7.69. The van der Waals surface area contributed by atoms with Crippen molar-refractivity contribution in [3.05, 3.63) is 0 Å². The van der Waals surface area contributed by atoms with Crippen LogP contribution in [0, 0.1) is 11.8 Å². The summed E-state index contributed by atoms with van der Waals surface area (Å²) in [7, 11) is 0. The fourth-order valence-electron chi connectivity index (χ4n) is 2.34. The van der Waals surface area contributed by atoms with Gasteiger partial charge in [-0.25, -0.2) is 0 Å². The van der Waals surface area contributed by atoms with Crippen LogP contribution in [0.1, 0.15) is 39.0 Å². The molecule has 1 fully saturated rings. The Morgan fingerprint density at radius 2 is 2.06 bits per heavy atom. The third-order valence-corrected chi connectivity index (χ3v) is 3.62. The molecular weight excluding hydrogens is 204 g/mol. The molecule has 4 heteroatoms. The predicted molar refractivity (Wildman–Crippen MR) is 63.8 cm³/mol. The molecule has 1 amide bonds. The zero-order valence-corrected chi connectivity index (χ0v) is 10.1. The van der Waals surface area contributed by atoms with Gasteiger partial charge in [0.2, 0.25) is 5.91 Å². The second-order valence-corrected chi connectivity index (χ2v) is 4.75. The Labute approximate surface area is 97.6 Å². The van der Waals surface area contributed by atoms with Gasteiger partial charge in [-0.3, -0.25) is 4.79 Å². The Bertz CT molecular complexity index is 221. The summed E-state index contributed by atoms with van der Waals surface area (Å²) in [6.07, 6.45) is 5.25. The number of amides is 1. The van der Waals surface area contributed by atoms with Gasteiger partial charge in [0, 0.05) is 13.2 Å². The van der Waals surface area contributed by atoms with Crippen molar-refractivity contribution in [1.82, 2.24) is 5.32 Å². The second-order valence-electron chi connectivity index (χ2n) is 4.75. The van der Waals surface area contributed by atoms with Gasteiger partial charge in [0.05, 0.1) is 6.04 Å². The molecule has 0 heterocycles. The molecule has 1 aliphatic carbocycles. The van der Waals surface area contributed by atoms with Gasteiger partial charge in [-0.2, -0.15) is 0 Å². The summed E-state index contributed by atoms with van der Waals surface area (Å²) >= 11 is 0. The fraction of sp³-hybridized carbons (Fsp3) is 0.917. The van der Waals surface area contributed by atoms with Crippen LogP contribution in [-0.2, 0) is 4.79 Å². The maximum atomic E-state index is 11.5. The number of carbonyl (C=O) groups is 1. The van der Waals surface area contributed by atoms with E-state index >= 15 is 0 Å². The summed E-state index contributed by atoms with van der Waals surface area (Å²) in [4.78, 5) is 11.5. The first-order valence-corrected chi connectivity index (χ1v) is 6.33. The fourth-order valence-corrected chi connectivity index (χ4v) is 2.34. The van der Waals surface area contributed by atoms with E-state index in [2.05, 4.69) is 5.32 Å². The normalized spacial score (nSPS) is 27.4. The predicted octanol–water partition coefficient (Wildman–Crippen LogP) is 0.639. The quantitative estimate of drug-likeness (QED) is 0.646. The van der Waals surface area contributed by atoms with Crippen LogP contribution in [0.4, 0.5) is 0 Å². The highest BCUT2D eigenvalue weighted by atomic mass is 16.3. The SMILES string of the molecule is CC[C@H](N)C(=O)NCC1CCCCC1CO. The van der Waals surface area contributed by atoms with Gasteiger partial charge >= 0.3 is 0 Å². The maximum Gasteiger partial charge on any atom is 0.236 e. The first kappa shape index (κ1) is 13.5. The molecule has 0 aromatic heterocycles. The zero-order valence-electron chi connectivity index (χ0n) is 10.1. The minimum atomic E-state index is -0.392. The van der Waals surface area contributed by atoms with Crippen LogP contribution in [-0.4, -0.2) is 30.2 Å². The molecule has 0 radical (unpaired) electrons. The van der Waals surface area contributed by atoms with E-state index < -0.39 is 6.04 Å². The summed E-state index contributed by atoms with van der Waals surface area (Å²) in [5, 5.41) is 12.1. The molecule has 4 N–H and O–H groups in total. The molecule has 0 bridgehead atoms. The highest BCUT2D eigenvalue weighted by Crippen LogP contribution is 2.28. The molecule has 0 aromatic carbocycles. The van der Waals surface area contributed by atoms with Gasteiger partial charge in [-0.15, -0.1) is 0 Å². The van der Waals surface area contributed by atoms with Crippen LogP contribution in [0.25, 0.3) is 0 Å².